The predicted molar refractivity (Wildman–Crippen MR) is 69.8 cm³/mol. The first-order valence-corrected chi connectivity index (χ1v) is 7.02. The van der Waals surface area contributed by atoms with Gasteiger partial charge in [0.2, 0.25) is 0 Å². The van der Waals surface area contributed by atoms with Gasteiger partial charge in [0.15, 0.2) is 0 Å². The molecule has 5 nitrogen and oxygen atoms in total. The minimum Gasteiger partial charge on any atom is -0.480 e. The number of carbonyl (C=O) groups excluding carboxylic acids is 1. The summed E-state index contributed by atoms with van der Waals surface area (Å²) in [6.45, 7) is 5.87. The van der Waals surface area contributed by atoms with Crippen molar-refractivity contribution in [2.75, 3.05) is 6.54 Å². The molecule has 108 valence electrons. The smallest absolute Gasteiger partial charge is 0.411 e. The van der Waals surface area contributed by atoms with Crippen LogP contribution in [0.25, 0.3) is 0 Å². The first-order chi connectivity index (χ1) is 8.79. The van der Waals surface area contributed by atoms with E-state index < -0.39 is 23.7 Å². The van der Waals surface area contributed by atoms with Crippen molar-refractivity contribution in [1.29, 1.82) is 0 Å². The van der Waals surface area contributed by atoms with Gasteiger partial charge in [-0.2, -0.15) is 0 Å². The largest absolute Gasteiger partial charge is 0.480 e. The van der Waals surface area contributed by atoms with Crippen molar-refractivity contribution in [3.63, 3.8) is 0 Å². The van der Waals surface area contributed by atoms with Gasteiger partial charge in [-0.15, -0.1) is 0 Å². The molecule has 0 unspecified atom stereocenters. The van der Waals surface area contributed by atoms with Crippen molar-refractivity contribution in [3.05, 3.63) is 0 Å². The summed E-state index contributed by atoms with van der Waals surface area (Å²) in [6.07, 6.45) is 3.65. The van der Waals surface area contributed by atoms with Gasteiger partial charge in [0.25, 0.3) is 0 Å². The van der Waals surface area contributed by atoms with Crippen molar-refractivity contribution in [1.82, 2.24) is 4.90 Å². The molecule has 0 bridgehead atoms. The Morgan fingerprint density at radius 3 is 2.26 bits per heavy atom. The molecule has 1 heterocycles. The molecule has 5 heteroatoms. The summed E-state index contributed by atoms with van der Waals surface area (Å²) in [5.74, 6) is -0.340. The van der Waals surface area contributed by atoms with Crippen molar-refractivity contribution < 1.29 is 19.4 Å². The van der Waals surface area contributed by atoms with Gasteiger partial charge < -0.3 is 9.84 Å². The Morgan fingerprint density at radius 2 is 1.84 bits per heavy atom. The second-order valence-electron chi connectivity index (χ2n) is 6.60. The summed E-state index contributed by atoms with van der Waals surface area (Å²) in [5.41, 5.74) is -0.589. The molecule has 1 saturated carbocycles. The molecule has 1 aliphatic carbocycles. The van der Waals surface area contributed by atoms with Crippen LogP contribution in [0.1, 0.15) is 46.5 Å². The average molecular weight is 269 g/mol. The highest BCUT2D eigenvalue weighted by molar-refractivity contribution is 5.81. The number of carbonyl (C=O) groups is 2. The highest BCUT2D eigenvalue weighted by atomic mass is 16.6. The number of hydrogen-bond acceptors (Lipinski definition) is 3. The van der Waals surface area contributed by atoms with Gasteiger partial charge in [0, 0.05) is 6.54 Å². The van der Waals surface area contributed by atoms with Crippen molar-refractivity contribution in [2.45, 2.75) is 58.1 Å². The molecule has 1 N–H and O–H groups in total. The third kappa shape index (κ3) is 3.01. The maximum atomic E-state index is 12.1. The number of rotatable bonds is 2. The minimum atomic E-state index is -0.903. The van der Waals surface area contributed by atoms with Crippen molar-refractivity contribution >= 4 is 12.1 Å². The number of hydrogen-bond donors (Lipinski definition) is 1. The normalized spacial score (nSPS) is 28.1. The first kappa shape index (κ1) is 14.2. The number of carboxylic acid groups (broad SMARTS) is 1. The molecule has 0 aromatic rings. The molecule has 1 aliphatic heterocycles. The van der Waals surface area contributed by atoms with Crippen LogP contribution >= 0.6 is 0 Å². The van der Waals surface area contributed by atoms with E-state index in [1.165, 1.54) is 11.3 Å². The fourth-order valence-corrected chi connectivity index (χ4v) is 3.02. The molecule has 0 aromatic heterocycles. The molecule has 2 aliphatic rings. The number of ether oxygens (including phenoxy) is 1. The van der Waals surface area contributed by atoms with E-state index in [4.69, 9.17) is 4.74 Å². The van der Waals surface area contributed by atoms with Crippen LogP contribution in [0.5, 0.6) is 0 Å². The molecular weight excluding hydrogens is 246 g/mol. The second kappa shape index (κ2) is 5.02. The molecule has 0 aromatic carbocycles. The molecule has 1 saturated heterocycles. The predicted octanol–water partition coefficient (Wildman–Crippen LogP) is 2.50. The van der Waals surface area contributed by atoms with Crippen LogP contribution in [0.15, 0.2) is 0 Å². The quantitative estimate of drug-likeness (QED) is 0.836. The van der Waals surface area contributed by atoms with E-state index in [9.17, 15) is 14.7 Å². The Labute approximate surface area is 113 Å². The topological polar surface area (TPSA) is 66.8 Å². The van der Waals surface area contributed by atoms with Crippen LogP contribution in [0.4, 0.5) is 4.79 Å². The standard InChI is InChI=1S/C14H23NO4/c1-14(2,3)19-13(18)15-8-7-10(9-5-4-6-9)11(15)12(16)17/h9-11H,4-8H2,1-3H3,(H,16,17)/t10-,11-/m1/s1. The lowest BCUT2D eigenvalue weighted by molar-refractivity contribution is -0.144. The molecule has 0 spiro atoms. The van der Waals surface area contributed by atoms with Crippen LogP contribution in [0.3, 0.4) is 0 Å². The Bertz CT molecular complexity index is 370. The van der Waals surface area contributed by atoms with Gasteiger partial charge in [-0.3, -0.25) is 4.90 Å². The lowest BCUT2D eigenvalue weighted by atomic mass is 9.73. The van der Waals surface area contributed by atoms with E-state index in [-0.39, 0.29) is 5.92 Å². The van der Waals surface area contributed by atoms with Gasteiger partial charge in [-0.05, 0) is 39.0 Å². The molecule has 2 rings (SSSR count). The van der Waals surface area contributed by atoms with E-state index >= 15 is 0 Å². The van der Waals surface area contributed by atoms with E-state index in [1.807, 2.05) is 0 Å². The molecule has 19 heavy (non-hydrogen) atoms. The van der Waals surface area contributed by atoms with Crippen molar-refractivity contribution in [2.24, 2.45) is 11.8 Å². The van der Waals surface area contributed by atoms with E-state index in [0.717, 1.165) is 19.3 Å². The summed E-state index contributed by atoms with van der Waals surface area (Å²) >= 11 is 0. The third-order valence-electron chi connectivity index (χ3n) is 4.08. The summed E-state index contributed by atoms with van der Waals surface area (Å²) in [5, 5.41) is 9.42. The van der Waals surface area contributed by atoms with E-state index in [0.29, 0.717) is 12.5 Å². The van der Waals surface area contributed by atoms with Gasteiger partial charge >= 0.3 is 12.1 Å². The fourth-order valence-electron chi connectivity index (χ4n) is 3.02. The number of aliphatic carboxylic acids is 1. The van der Waals surface area contributed by atoms with Crippen LogP contribution in [0, 0.1) is 11.8 Å². The molecule has 0 radical (unpaired) electrons. The maximum Gasteiger partial charge on any atom is 0.411 e. The lowest BCUT2D eigenvalue weighted by Crippen LogP contribution is -2.47. The Hall–Kier alpha value is -1.26. The fraction of sp³-hybridized carbons (Fsp3) is 0.857. The van der Waals surface area contributed by atoms with Crippen LogP contribution in [-0.4, -0.2) is 40.3 Å². The van der Waals surface area contributed by atoms with Crippen LogP contribution in [-0.2, 0) is 9.53 Å². The molecular formula is C14H23NO4. The summed E-state index contributed by atoms with van der Waals surface area (Å²) in [6, 6.07) is -0.708. The number of nitrogens with zero attached hydrogens (tertiary/aromatic N) is 1. The van der Waals surface area contributed by atoms with Gasteiger partial charge in [0.1, 0.15) is 11.6 Å². The summed E-state index contributed by atoms with van der Waals surface area (Å²) in [7, 11) is 0. The zero-order valence-corrected chi connectivity index (χ0v) is 11.9. The zero-order valence-electron chi connectivity index (χ0n) is 11.9. The highest BCUT2D eigenvalue weighted by Crippen LogP contribution is 2.42. The Morgan fingerprint density at radius 1 is 1.21 bits per heavy atom. The van der Waals surface area contributed by atoms with E-state index in [2.05, 4.69) is 0 Å². The van der Waals surface area contributed by atoms with Gasteiger partial charge in [0.05, 0.1) is 0 Å². The summed E-state index contributed by atoms with van der Waals surface area (Å²) in [4.78, 5) is 25.0. The Balaban J connectivity index is 2.07. The van der Waals surface area contributed by atoms with Gasteiger partial charge in [-0.1, -0.05) is 19.3 Å². The average Bonchev–Trinajstić information content (AvgIpc) is 2.56. The summed E-state index contributed by atoms with van der Waals surface area (Å²) < 4.78 is 5.31. The number of carboxylic acids is 1. The Kier molecular flexibility index (Phi) is 3.74. The monoisotopic (exact) mass is 269 g/mol. The minimum absolute atomic E-state index is 0.0961. The van der Waals surface area contributed by atoms with Crippen LogP contribution < -0.4 is 0 Å². The zero-order chi connectivity index (χ0) is 14.2. The molecule has 1 amide bonds. The number of likely N-dealkylation sites (tertiary alicyclic amines) is 1. The van der Waals surface area contributed by atoms with Crippen LogP contribution in [0.2, 0.25) is 0 Å². The maximum absolute atomic E-state index is 12.1. The number of amides is 1. The SMILES string of the molecule is CC(C)(C)OC(=O)N1CC[C@H](C2CCC2)[C@@H]1C(=O)O. The van der Waals surface area contributed by atoms with Gasteiger partial charge in [-0.25, -0.2) is 9.59 Å². The molecule has 2 atom stereocenters. The lowest BCUT2D eigenvalue weighted by Gasteiger charge is -2.35. The first-order valence-electron chi connectivity index (χ1n) is 7.02. The highest BCUT2D eigenvalue weighted by Gasteiger charge is 2.47. The second-order valence-corrected chi connectivity index (χ2v) is 6.60. The molecule has 2 fully saturated rings. The third-order valence-corrected chi connectivity index (χ3v) is 4.08. The van der Waals surface area contributed by atoms with Crippen molar-refractivity contribution in [3.8, 4) is 0 Å². The van der Waals surface area contributed by atoms with E-state index in [1.54, 1.807) is 20.8 Å².